The minimum absolute atomic E-state index is 0.0657. The highest BCUT2D eigenvalue weighted by atomic mass is 19.4. The van der Waals surface area contributed by atoms with Gasteiger partial charge >= 0.3 is 12.1 Å². The summed E-state index contributed by atoms with van der Waals surface area (Å²) in [5, 5.41) is 22.9. The van der Waals surface area contributed by atoms with Crippen molar-refractivity contribution in [1.82, 2.24) is 43.4 Å². The third-order valence-electron chi connectivity index (χ3n) is 13.1. The Morgan fingerprint density at radius 1 is 0.985 bits per heavy atom. The summed E-state index contributed by atoms with van der Waals surface area (Å²) >= 11 is 0. The van der Waals surface area contributed by atoms with E-state index in [4.69, 9.17) is 4.98 Å². The smallest absolute Gasteiger partial charge is 0.406 e. The Bertz CT molecular complexity index is 3330. The molecule has 2 atom stereocenters. The Morgan fingerprint density at radius 2 is 1.78 bits per heavy atom. The van der Waals surface area contributed by atoms with Gasteiger partial charge in [0.2, 0.25) is 11.9 Å². The topological polar surface area (TPSA) is 193 Å². The van der Waals surface area contributed by atoms with Crippen molar-refractivity contribution in [3.8, 4) is 23.6 Å². The predicted molar refractivity (Wildman–Crippen MR) is 237 cm³/mol. The van der Waals surface area contributed by atoms with Crippen LogP contribution in [0.4, 0.5) is 29.2 Å². The standard InChI is InChI=1S/C48H40F4N12O4/c1-27-23-61(44(66)47(26-54)15-16-47)19-14-38(27)64-42-40(28(2)57-45(59-42)58-31-7-10-33(11-8-31)68-48(50,51)52)63(46(64)67)32-9-12-37(56-22-32)43(65)60-18-13-34-35-4-3-17-55-41(35)62(39(34)25-60)24-30-6-5-29(21-53)20-36(30)49/h3-12,17,20,22,27,38H,13-16,18-19,23-25H2,1-2H3,(H,57,58,59)/t27-,38+/m1/s1. The lowest BCUT2D eigenvalue weighted by atomic mass is 9.92. The Hall–Kier alpha value is -8.13. The van der Waals surface area contributed by atoms with Crippen LogP contribution in [0, 0.1) is 46.7 Å². The number of hydrogen-bond donors (Lipinski definition) is 1. The molecular formula is C48H40F4N12O4. The Labute approximate surface area is 384 Å². The van der Waals surface area contributed by atoms with E-state index in [9.17, 15) is 38.1 Å². The van der Waals surface area contributed by atoms with Crippen molar-refractivity contribution in [2.75, 3.05) is 25.0 Å². The number of alkyl halides is 3. The summed E-state index contributed by atoms with van der Waals surface area (Å²) in [4.78, 5) is 64.4. The fourth-order valence-corrected chi connectivity index (χ4v) is 9.57. The van der Waals surface area contributed by atoms with E-state index in [2.05, 4.69) is 31.1 Å². The zero-order chi connectivity index (χ0) is 47.6. The molecule has 7 heterocycles. The van der Waals surface area contributed by atoms with E-state index in [-0.39, 0.29) is 53.7 Å². The van der Waals surface area contributed by atoms with E-state index in [1.54, 1.807) is 51.8 Å². The van der Waals surface area contributed by atoms with Gasteiger partial charge in [0, 0.05) is 54.2 Å². The fourth-order valence-electron chi connectivity index (χ4n) is 9.57. The summed E-state index contributed by atoms with van der Waals surface area (Å²) in [7, 11) is 0. The molecule has 5 aromatic heterocycles. The molecule has 344 valence electrons. The van der Waals surface area contributed by atoms with Gasteiger partial charge in [-0.3, -0.25) is 18.7 Å². The Kier molecular flexibility index (Phi) is 10.7. The normalized spacial score (nSPS) is 17.6. The fraction of sp³-hybridized carbons (Fsp3) is 0.312. The van der Waals surface area contributed by atoms with E-state index < -0.39 is 35.1 Å². The second kappa shape index (κ2) is 16.6. The summed E-state index contributed by atoms with van der Waals surface area (Å²) in [5.74, 6) is -1.70. The van der Waals surface area contributed by atoms with Crippen LogP contribution in [0.2, 0.25) is 0 Å². The van der Waals surface area contributed by atoms with Crippen molar-refractivity contribution in [3.05, 3.63) is 129 Å². The average Bonchev–Trinajstić information content (AvgIpc) is 4.00. The number of halogens is 4. The number of carbonyl (C=O) groups excluding carboxylic acids is 2. The van der Waals surface area contributed by atoms with Crippen LogP contribution in [0.3, 0.4) is 0 Å². The van der Waals surface area contributed by atoms with Crippen LogP contribution in [-0.4, -0.2) is 81.2 Å². The number of imidazole rings is 1. The van der Waals surface area contributed by atoms with Crippen molar-refractivity contribution in [3.63, 3.8) is 0 Å². The van der Waals surface area contributed by atoms with Crippen LogP contribution >= 0.6 is 0 Å². The number of piperidine rings is 1. The summed E-state index contributed by atoms with van der Waals surface area (Å²) in [6, 6.07) is 20.0. The molecule has 1 saturated heterocycles. The number of ether oxygens (including phenoxy) is 1. The van der Waals surface area contributed by atoms with Gasteiger partial charge in [-0.05, 0) is 105 Å². The zero-order valence-electron chi connectivity index (χ0n) is 36.6. The van der Waals surface area contributed by atoms with Gasteiger partial charge in [0.1, 0.15) is 33.8 Å². The predicted octanol–water partition coefficient (Wildman–Crippen LogP) is 7.25. The number of nitriles is 2. The van der Waals surface area contributed by atoms with E-state index >= 15 is 4.39 Å². The van der Waals surface area contributed by atoms with E-state index in [0.29, 0.717) is 79.1 Å². The highest BCUT2D eigenvalue weighted by Crippen LogP contribution is 2.47. The van der Waals surface area contributed by atoms with Gasteiger partial charge in [0.15, 0.2) is 5.65 Å². The van der Waals surface area contributed by atoms with Crippen molar-refractivity contribution in [2.24, 2.45) is 11.3 Å². The molecule has 2 amide bonds. The molecular weight excluding hydrogens is 885 g/mol. The summed E-state index contributed by atoms with van der Waals surface area (Å²) in [6.07, 6.45) is 0.139. The lowest BCUT2D eigenvalue weighted by Crippen LogP contribution is -2.47. The minimum Gasteiger partial charge on any atom is -0.406 e. The molecule has 0 bridgehead atoms. The monoisotopic (exact) mass is 924 g/mol. The van der Waals surface area contributed by atoms with Gasteiger partial charge in [0.05, 0.1) is 48.4 Å². The number of anilines is 2. The van der Waals surface area contributed by atoms with Gasteiger partial charge < -0.3 is 24.4 Å². The Balaban J connectivity index is 0.967. The van der Waals surface area contributed by atoms with Gasteiger partial charge in [-0.1, -0.05) is 13.0 Å². The molecule has 68 heavy (non-hydrogen) atoms. The largest absolute Gasteiger partial charge is 0.573 e. The summed E-state index contributed by atoms with van der Waals surface area (Å²) < 4.78 is 62.6. The van der Waals surface area contributed by atoms with Crippen molar-refractivity contribution in [2.45, 2.75) is 65.0 Å². The number of aromatic nitrogens is 7. The molecule has 2 fully saturated rings. The third kappa shape index (κ3) is 7.80. The first-order valence-electron chi connectivity index (χ1n) is 21.9. The molecule has 16 nitrogen and oxygen atoms in total. The van der Waals surface area contributed by atoms with E-state index in [0.717, 1.165) is 28.8 Å². The molecule has 2 aromatic carbocycles. The minimum atomic E-state index is -4.86. The first-order valence-corrected chi connectivity index (χ1v) is 21.9. The molecule has 0 unspecified atom stereocenters. The molecule has 1 saturated carbocycles. The summed E-state index contributed by atoms with van der Waals surface area (Å²) in [5.41, 5.74) is 3.35. The molecule has 1 aliphatic carbocycles. The van der Waals surface area contributed by atoms with Crippen LogP contribution in [0.25, 0.3) is 27.9 Å². The molecule has 7 aromatic rings. The van der Waals surface area contributed by atoms with Crippen molar-refractivity contribution < 1.29 is 31.9 Å². The molecule has 10 rings (SSSR count). The highest BCUT2D eigenvalue weighted by molar-refractivity contribution is 5.93. The molecule has 1 N–H and O–H groups in total. The number of benzene rings is 2. The maximum Gasteiger partial charge on any atom is 0.573 e. The van der Waals surface area contributed by atoms with Gasteiger partial charge in [-0.2, -0.15) is 15.5 Å². The lowest BCUT2D eigenvalue weighted by molar-refractivity contribution is -0.274. The first-order chi connectivity index (χ1) is 32.6. The highest BCUT2D eigenvalue weighted by Gasteiger charge is 2.53. The van der Waals surface area contributed by atoms with Crippen LogP contribution < -0.4 is 15.7 Å². The van der Waals surface area contributed by atoms with Crippen molar-refractivity contribution in [1.29, 1.82) is 10.5 Å². The molecule has 20 heteroatoms. The maximum atomic E-state index is 15.2. The number of aryl methyl sites for hydroxylation is 1. The molecule has 2 aliphatic heterocycles. The van der Waals surface area contributed by atoms with Gasteiger partial charge in [-0.15, -0.1) is 13.2 Å². The third-order valence-corrected chi connectivity index (χ3v) is 13.1. The number of carbonyl (C=O) groups is 2. The number of pyridine rings is 2. The number of rotatable bonds is 9. The van der Waals surface area contributed by atoms with E-state index in [1.165, 1.54) is 29.0 Å². The number of nitrogens with one attached hydrogen (secondary N) is 1. The number of amides is 2. The second-order valence-corrected chi connectivity index (χ2v) is 17.5. The quantitative estimate of drug-likeness (QED) is 0.143. The van der Waals surface area contributed by atoms with Crippen LogP contribution in [0.5, 0.6) is 5.75 Å². The number of hydrogen-bond acceptors (Lipinski definition) is 11. The summed E-state index contributed by atoms with van der Waals surface area (Å²) in [6.45, 7) is 4.92. The average molecular weight is 925 g/mol. The van der Waals surface area contributed by atoms with Gasteiger partial charge in [0.25, 0.3) is 5.91 Å². The van der Waals surface area contributed by atoms with Gasteiger partial charge in [-0.25, -0.2) is 24.1 Å². The number of fused-ring (bicyclic) bond motifs is 4. The lowest BCUT2D eigenvalue weighted by Gasteiger charge is -2.38. The van der Waals surface area contributed by atoms with E-state index in [1.807, 2.05) is 29.7 Å². The Morgan fingerprint density at radius 3 is 2.46 bits per heavy atom. The van der Waals surface area contributed by atoms with Crippen LogP contribution in [-0.2, 0) is 24.3 Å². The van der Waals surface area contributed by atoms with Crippen LogP contribution in [0.1, 0.15) is 70.8 Å². The number of nitrogens with zero attached hydrogens (tertiary/aromatic N) is 11. The molecule has 0 spiro atoms. The van der Waals surface area contributed by atoms with Crippen LogP contribution in [0.15, 0.2) is 83.9 Å². The second-order valence-electron chi connectivity index (χ2n) is 17.5. The maximum absolute atomic E-state index is 15.2. The van der Waals surface area contributed by atoms with Crippen molar-refractivity contribution >= 4 is 45.6 Å². The molecule has 0 radical (unpaired) electrons. The first kappa shape index (κ1) is 43.7. The zero-order valence-corrected chi connectivity index (χ0v) is 36.6. The molecule has 3 aliphatic rings. The SMILES string of the molecule is Cc1nc(Nc2ccc(OC(F)(F)F)cc2)nc2c1n(-c1ccc(C(=O)N3CCc4c(n(Cc5ccc(C#N)cc5F)c5ncccc45)C3)nc1)c(=O)n2[C@H]1CCN(C(=O)C2(C#N)CC2)C[C@H]1C. The number of likely N-dealkylation sites (tertiary alicyclic amines) is 1.